The van der Waals surface area contributed by atoms with E-state index in [1.54, 1.807) is 0 Å². The minimum absolute atomic E-state index is 0.0395. The van der Waals surface area contributed by atoms with Gasteiger partial charge in [-0.2, -0.15) is 13.2 Å². The van der Waals surface area contributed by atoms with Crippen LogP contribution in [0.4, 0.5) is 33.7 Å². The molecule has 1 aliphatic heterocycles. The van der Waals surface area contributed by atoms with Gasteiger partial charge in [0.2, 0.25) is 15.9 Å². The summed E-state index contributed by atoms with van der Waals surface area (Å²) < 4.78 is 122. The third kappa shape index (κ3) is 6.75. The Kier molecular flexibility index (Phi) is 8.97. The van der Waals surface area contributed by atoms with Crippen LogP contribution >= 0.6 is 0 Å². The van der Waals surface area contributed by atoms with Crippen molar-refractivity contribution >= 4 is 43.4 Å². The average Bonchev–Trinajstić information content (AvgIpc) is 3.78. The molecule has 2 aromatic rings. The first-order chi connectivity index (χ1) is 20.7. The number of hydrogen-bond donors (Lipinski definition) is 2. The number of anilines is 2. The number of benzene rings is 2. The molecule has 0 bridgehead atoms. The lowest BCUT2D eigenvalue weighted by atomic mass is 10.0. The van der Waals surface area contributed by atoms with E-state index in [1.807, 2.05) is 4.72 Å². The molecule has 2 aliphatic rings. The Morgan fingerprint density at radius 2 is 1.78 bits per heavy atom. The molecular formula is C27H31F4N3O9S2. The van der Waals surface area contributed by atoms with Gasteiger partial charge in [-0.15, -0.1) is 0 Å². The smallest absolute Gasteiger partial charge is 0.412 e. The number of methoxy groups -OCH3 is 1. The first-order valence-electron chi connectivity index (χ1n) is 13.5. The van der Waals surface area contributed by atoms with Crippen molar-refractivity contribution in [3.05, 3.63) is 42.2 Å². The Hall–Kier alpha value is -3.80. The van der Waals surface area contributed by atoms with E-state index in [0.717, 1.165) is 47.8 Å². The zero-order chi connectivity index (χ0) is 33.7. The van der Waals surface area contributed by atoms with E-state index >= 15 is 0 Å². The third-order valence-electron chi connectivity index (χ3n) is 7.56. The molecule has 248 valence electrons. The number of fused-ring (bicyclic) bond motifs is 1. The zero-order valence-corrected chi connectivity index (χ0v) is 26.1. The van der Waals surface area contributed by atoms with Gasteiger partial charge >= 0.3 is 12.3 Å². The highest BCUT2D eigenvalue weighted by molar-refractivity contribution is 7.92. The fourth-order valence-electron chi connectivity index (χ4n) is 4.72. The van der Waals surface area contributed by atoms with Crippen molar-refractivity contribution in [3.63, 3.8) is 0 Å². The maximum Gasteiger partial charge on any atom is 0.412 e. The van der Waals surface area contributed by atoms with Gasteiger partial charge < -0.3 is 14.6 Å². The number of rotatable bonds is 10. The van der Waals surface area contributed by atoms with Crippen LogP contribution in [0.3, 0.4) is 0 Å². The van der Waals surface area contributed by atoms with Gasteiger partial charge in [0, 0.05) is 12.0 Å². The fourth-order valence-corrected chi connectivity index (χ4v) is 7.64. The Morgan fingerprint density at radius 3 is 2.33 bits per heavy atom. The van der Waals surface area contributed by atoms with Gasteiger partial charge in [-0.1, -0.05) is 6.92 Å². The summed E-state index contributed by atoms with van der Waals surface area (Å²) in [4.78, 5) is 24.3. The third-order valence-corrected chi connectivity index (χ3v) is 11.2. The highest BCUT2D eigenvalue weighted by atomic mass is 32.2. The maximum atomic E-state index is 14.1. The number of carbonyl (C=O) groups excluding carboxylic acids is 1. The summed E-state index contributed by atoms with van der Waals surface area (Å²) in [5, 5.41) is 9.10. The van der Waals surface area contributed by atoms with Crippen LogP contribution in [0, 0.1) is 11.7 Å². The van der Waals surface area contributed by atoms with Crippen LogP contribution in [0.15, 0.2) is 41.3 Å². The fraction of sp³-hybridized carbons (Fsp3) is 0.481. The number of ether oxygens (including phenoxy) is 2. The van der Waals surface area contributed by atoms with E-state index < -0.39 is 89.7 Å². The molecule has 12 nitrogen and oxygen atoms in total. The molecule has 18 heteroatoms. The first kappa shape index (κ1) is 34.1. The number of sulfonamides is 2. The normalized spacial score (nSPS) is 18.0. The molecule has 0 aromatic heterocycles. The van der Waals surface area contributed by atoms with E-state index in [9.17, 15) is 49.1 Å². The SMILES string of the molecule is COc1cc(S(=O)(=O)N2C[C@H](C[C@@H](C)C(=O)NS(=O)(=O)C3CC3)Oc3ccc(N(C(=O)O)C(C)(C)C(F)(F)F)cc32)ccc1F. The number of carbonyl (C=O) groups is 2. The molecule has 2 aromatic carbocycles. The first-order valence-corrected chi connectivity index (χ1v) is 16.5. The summed E-state index contributed by atoms with van der Waals surface area (Å²) in [6.07, 6.45) is -7.42. The number of alkyl halides is 3. The molecule has 0 radical (unpaired) electrons. The Bertz CT molecular complexity index is 1710. The predicted molar refractivity (Wildman–Crippen MR) is 153 cm³/mol. The summed E-state index contributed by atoms with van der Waals surface area (Å²) in [5.41, 5.74) is -3.80. The number of hydrogen-bond acceptors (Lipinski definition) is 8. The van der Waals surface area contributed by atoms with E-state index in [-0.39, 0.29) is 22.8 Å². The average molecular weight is 682 g/mol. The van der Waals surface area contributed by atoms with Crippen LogP contribution in [0.2, 0.25) is 0 Å². The molecule has 2 atom stereocenters. The van der Waals surface area contributed by atoms with Crippen LogP contribution < -0.4 is 23.4 Å². The zero-order valence-electron chi connectivity index (χ0n) is 24.5. The summed E-state index contributed by atoms with van der Waals surface area (Å²) in [6, 6.07) is 5.68. The van der Waals surface area contributed by atoms with Crippen LogP contribution in [0.5, 0.6) is 11.5 Å². The van der Waals surface area contributed by atoms with Crippen LogP contribution in [0.25, 0.3) is 0 Å². The second-order valence-electron chi connectivity index (χ2n) is 11.2. The van der Waals surface area contributed by atoms with Gasteiger partial charge in [0.15, 0.2) is 11.6 Å². The number of nitrogens with zero attached hydrogens (tertiary/aromatic N) is 2. The van der Waals surface area contributed by atoms with Crippen LogP contribution in [-0.4, -0.2) is 70.7 Å². The van der Waals surface area contributed by atoms with E-state index in [4.69, 9.17) is 9.47 Å². The second-order valence-corrected chi connectivity index (χ2v) is 15.1. The molecule has 45 heavy (non-hydrogen) atoms. The van der Waals surface area contributed by atoms with Crippen molar-refractivity contribution < 1.29 is 58.6 Å². The molecule has 1 aliphatic carbocycles. The molecule has 0 unspecified atom stereocenters. The molecule has 2 N–H and O–H groups in total. The molecular weight excluding hydrogens is 650 g/mol. The Balaban J connectivity index is 1.77. The van der Waals surface area contributed by atoms with E-state index in [2.05, 4.69) is 0 Å². The van der Waals surface area contributed by atoms with Gasteiger partial charge in [0.1, 0.15) is 17.4 Å². The minimum Gasteiger partial charge on any atom is -0.494 e. The topological polar surface area (TPSA) is 160 Å². The molecule has 4 rings (SSSR count). The molecule has 1 heterocycles. The summed E-state index contributed by atoms with van der Waals surface area (Å²) >= 11 is 0. The Morgan fingerprint density at radius 1 is 1.13 bits per heavy atom. The number of nitrogens with one attached hydrogen (secondary N) is 1. The highest BCUT2D eigenvalue weighted by Crippen LogP contribution is 2.44. The lowest BCUT2D eigenvalue weighted by Gasteiger charge is -2.40. The lowest BCUT2D eigenvalue weighted by Crippen LogP contribution is -2.57. The van der Waals surface area contributed by atoms with Gasteiger partial charge in [0.05, 0.1) is 35.2 Å². The predicted octanol–water partition coefficient (Wildman–Crippen LogP) is 4.25. The molecule has 0 saturated heterocycles. The second kappa shape index (κ2) is 11.9. The highest BCUT2D eigenvalue weighted by Gasteiger charge is 2.54. The van der Waals surface area contributed by atoms with Gasteiger partial charge in [-0.25, -0.2) is 26.0 Å². The van der Waals surface area contributed by atoms with Crippen LogP contribution in [0.1, 0.15) is 40.0 Å². The van der Waals surface area contributed by atoms with Crippen LogP contribution in [-0.2, 0) is 24.8 Å². The summed E-state index contributed by atoms with van der Waals surface area (Å²) in [6.45, 7) is 2.17. The number of halogens is 4. The minimum atomic E-state index is -5.02. The van der Waals surface area contributed by atoms with Gasteiger partial charge in [-0.05, 0) is 63.4 Å². The summed E-state index contributed by atoms with van der Waals surface area (Å²) in [7, 11) is -7.40. The number of carboxylic acid groups (broad SMARTS) is 1. The van der Waals surface area contributed by atoms with Crippen molar-refractivity contribution in [2.45, 2.75) is 68.0 Å². The Labute approximate surface area is 257 Å². The van der Waals surface area contributed by atoms with Crippen molar-refractivity contribution in [1.29, 1.82) is 0 Å². The lowest BCUT2D eigenvalue weighted by molar-refractivity contribution is -0.175. The van der Waals surface area contributed by atoms with Crippen molar-refractivity contribution in [3.8, 4) is 11.5 Å². The molecule has 1 fully saturated rings. The largest absolute Gasteiger partial charge is 0.494 e. The van der Waals surface area contributed by atoms with Crippen molar-refractivity contribution in [2.75, 3.05) is 22.9 Å². The molecule has 1 saturated carbocycles. The molecule has 2 amide bonds. The number of amides is 2. The van der Waals surface area contributed by atoms with E-state index in [1.165, 1.54) is 6.92 Å². The maximum absolute atomic E-state index is 14.1. The van der Waals surface area contributed by atoms with Crippen molar-refractivity contribution in [2.24, 2.45) is 5.92 Å². The quantitative estimate of drug-likeness (QED) is 0.350. The van der Waals surface area contributed by atoms with Gasteiger partial charge in [0.25, 0.3) is 10.0 Å². The standard InChI is InChI=1S/C27H31F4N3O9S2/c1-15(24(35)32-44(38,39)18-6-7-18)11-17-14-33(45(40,41)19-8-9-20(28)23(13-19)42-4)21-12-16(5-10-22(21)43-17)34(25(36)37)26(2,3)27(29,30)31/h5,8-10,12-13,15,17-18H,6-7,11,14H2,1-4H3,(H,32,35)(H,36,37)/t15-,17+/m1/s1. The van der Waals surface area contributed by atoms with E-state index in [0.29, 0.717) is 26.7 Å². The van der Waals surface area contributed by atoms with Crippen molar-refractivity contribution in [1.82, 2.24) is 4.72 Å². The molecule has 0 spiro atoms. The summed E-state index contributed by atoms with van der Waals surface area (Å²) in [5.74, 6) is -3.29. The monoisotopic (exact) mass is 681 g/mol. The van der Waals surface area contributed by atoms with Gasteiger partial charge in [-0.3, -0.25) is 18.7 Å².